The van der Waals surface area contributed by atoms with Crippen LogP contribution in [0.1, 0.15) is 25.8 Å². The summed E-state index contributed by atoms with van der Waals surface area (Å²) < 4.78 is 5.79. The third-order valence-corrected chi connectivity index (χ3v) is 3.70. The summed E-state index contributed by atoms with van der Waals surface area (Å²) >= 11 is 5.89. The van der Waals surface area contributed by atoms with Crippen LogP contribution in [0.5, 0.6) is 0 Å². The molecule has 16 heavy (non-hydrogen) atoms. The highest BCUT2D eigenvalue weighted by Crippen LogP contribution is 2.42. The van der Waals surface area contributed by atoms with Crippen LogP contribution in [0.3, 0.4) is 0 Å². The lowest BCUT2D eigenvalue weighted by atomic mass is 9.66. The molecule has 0 aromatic heterocycles. The van der Waals surface area contributed by atoms with Gasteiger partial charge in [0, 0.05) is 16.9 Å². The maximum Gasteiger partial charge on any atom is 0.0721 e. The van der Waals surface area contributed by atoms with Crippen LogP contribution in [0, 0.1) is 5.41 Å². The first-order valence-electron chi connectivity index (χ1n) is 5.54. The SMILES string of the molecule is CC1(C)C(O)CC1OCc1cccc(Cl)c1. The smallest absolute Gasteiger partial charge is 0.0721 e. The topological polar surface area (TPSA) is 29.5 Å². The molecule has 0 aliphatic heterocycles. The van der Waals surface area contributed by atoms with Gasteiger partial charge in [-0.15, -0.1) is 0 Å². The second kappa shape index (κ2) is 4.36. The molecular formula is C13H17ClO2. The van der Waals surface area contributed by atoms with Crippen molar-refractivity contribution in [2.75, 3.05) is 0 Å². The lowest BCUT2D eigenvalue weighted by Gasteiger charge is -2.48. The lowest BCUT2D eigenvalue weighted by Crippen LogP contribution is -2.54. The van der Waals surface area contributed by atoms with Crippen molar-refractivity contribution in [3.05, 3.63) is 34.9 Å². The molecule has 2 atom stereocenters. The molecule has 0 amide bonds. The molecule has 2 rings (SSSR count). The highest BCUT2D eigenvalue weighted by molar-refractivity contribution is 6.30. The third-order valence-electron chi connectivity index (χ3n) is 3.47. The summed E-state index contributed by atoms with van der Waals surface area (Å²) in [6.07, 6.45) is 0.631. The van der Waals surface area contributed by atoms with Gasteiger partial charge in [-0.1, -0.05) is 37.6 Å². The molecule has 0 saturated heterocycles. The van der Waals surface area contributed by atoms with E-state index in [-0.39, 0.29) is 17.6 Å². The van der Waals surface area contributed by atoms with Crippen LogP contribution in [0.15, 0.2) is 24.3 Å². The molecule has 1 fully saturated rings. The number of rotatable bonds is 3. The molecule has 1 N–H and O–H groups in total. The largest absolute Gasteiger partial charge is 0.392 e. The van der Waals surface area contributed by atoms with Crippen LogP contribution < -0.4 is 0 Å². The Labute approximate surface area is 101 Å². The van der Waals surface area contributed by atoms with Crippen LogP contribution >= 0.6 is 11.6 Å². The van der Waals surface area contributed by atoms with Gasteiger partial charge in [-0.05, 0) is 17.7 Å². The van der Waals surface area contributed by atoms with Gasteiger partial charge in [0.25, 0.3) is 0 Å². The Balaban J connectivity index is 1.89. The van der Waals surface area contributed by atoms with Gasteiger partial charge >= 0.3 is 0 Å². The fourth-order valence-corrected chi connectivity index (χ4v) is 2.18. The van der Waals surface area contributed by atoms with E-state index >= 15 is 0 Å². The van der Waals surface area contributed by atoms with Crippen LogP contribution in [0.2, 0.25) is 5.02 Å². The van der Waals surface area contributed by atoms with Crippen molar-refractivity contribution in [2.45, 2.75) is 39.1 Å². The van der Waals surface area contributed by atoms with Crippen molar-refractivity contribution in [1.29, 1.82) is 0 Å². The Morgan fingerprint density at radius 3 is 2.81 bits per heavy atom. The summed E-state index contributed by atoms with van der Waals surface area (Å²) in [5, 5.41) is 10.3. The molecule has 0 bridgehead atoms. The Kier molecular flexibility index (Phi) is 3.24. The summed E-state index contributed by atoms with van der Waals surface area (Å²) in [4.78, 5) is 0. The molecule has 1 aromatic rings. The van der Waals surface area contributed by atoms with Gasteiger partial charge in [-0.25, -0.2) is 0 Å². The normalized spacial score (nSPS) is 27.5. The number of hydrogen-bond donors (Lipinski definition) is 1. The average Bonchev–Trinajstić information content (AvgIpc) is 2.24. The van der Waals surface area contributed by atoms with E-state index in [2.05, 4.69) is 0 Å². The predicted molar refractivity (Wildman–Crippen MR) is 64.4 cm³/mol. The molecule has 0 heterocycles. The van der Waals surface area contributed by atoms with Crippen LogP contribution in [0.4, 0.5) is 0 Å². The minimum absolute atomic E-state index is 0.126. The first-order chi connectivity index (χ1) is 7.50. The molecule has 88 valence electrons. The molecule has 1 saturated carbocycles. The van der Waals surface area contributed by atoms with Crippen molar-refractivity contribution < 1.29 is 9.84 Å². The first-order valence-corrected chi connectivity index (χ1v) is 5.92. The molecule has 1 aliphatic rings. The summed E-state index contributed by atoms with van der Waals surface area (Å²) in [7, 11) is 0. The van der Waals surface area contributed by atoms with E-state index in [4.69, 9.17) is 16.3 Å². The summed E-state index contributed by atoms with van der Waals surface area (Å²) in [6.45, 7) is 4.62. The zero-order valence-corrected chi connectivity index (χ0v) is 10.4. The fourth-order valence-electron chi connectivity index (χ4n) is 1.97. The summed E-state index contributed by atoms with van der Waals surface area (Å²) in [5.74, 6) is 0. The summed E-state index contributed by atoms with van der Waals surface area (Å²) in [5.41, 5.74) is 0.947. The highest BCUT2D eigenvalue weighted by Gasteiger charge is 2.48. The Hall–Kier alpha value is -0.570. The molecule has 1 aromatic carbocycles. The molecule has 1 aliphatic carbocycles. The predicted octanol–water partition coefficient (Wildman–Crippen LogP) is 3.02. The van der Waals surface area contributed by atoms with E-state index in [0.717, 1.165) is 17.0 Å². The maximum absolute atomic E-state index is 9.59. The van der Waals surface area contributed by atoms with Crippen LogP contribution in [-0.2, 0) is 11.3 Å². The van der Waals surface area contributed by atoms with Gasteiger partial charge in [0.05, 0.1) is 18.8 Å². The molecular weight excluding hydrogens is 224 g/mol. The average molecular weight is 241 g/mol. The van der Waals surface area contributed by atoms with Gasteiger partial charge in [0.1, 0.15) is 0 Å². The monoisotopic (exact) mass is 240 g/mol. The van der Waals surface area contributed by atoms with E-state index in [0.29, 0.717) is 6.61 Å². The minimum Gasteiger partial charge on any atom is -0.392 e. The van der Waals surface area contributed by atoms with Crippen LogP contribution in [-0.4, -0.2) is 17.3 Å². The Bertz CT molecular complexity index is 376. The zero-order chi connectivity index (χ0) is 11.8. The maximum atomic E-state index is 9.59. The van der Waals surface area contributed by atoms with Crippen molar-refractivity contribution >= 4 is 11.6 Å². The summed E-state index contributed by atoms with van der Waals surface area (Å²) in [6, 6.07) is 7.67. The van der Waals surface area contributed by atoms with Crippen molar-refractivity contribution in [2.24, 2.45) is 5.41 Å². The van der Waals surface area contributed by atoms with Crippen molar-refractivity contribution in [3.63, 3.8) is 0 Å². The van der Waals surface area contributed by atoms with E-state index in [1.165, 1.54) is 0 Å². The zero-order valence-electron chi connectivity index (χ0n) is 9.61. The molecule has 2 nitrogen and oxygen atoms in total. The number of halogens is 1. The van der Waals surface area contributed by atoms with Crippen molar-refractivity contribution in [3.8, 4) is 0 Å². The van der Waals surface area contributed by atoms with Crippen LogP contribution in [0.25, 0.3) is 0 Å². The Morgan fingerprint density at radius 2 is 2.25 bits per heavy atom. The number of benzene rings is 1. The van der Waals surface area contributed by atoms with E-state index in [9.17, 15) is 5.11 Å². The minimum atomic E-state index is -0.239. The van der Waals surface area contributed by atoms with Gasteiger partial charge in [0.15, 0.2) is 0 Å². The molecule has 2 unspecified atom stereocenters. The quantitative estimate of drug-likeness (QED) is 0.880. The first kappa shape index (κ1) is 11.9. The molecule has 0 spiro atoms. The van der Waals surface area contributed by atoms with Gasteiger partial charge in [-0.3, -0.25) is 0 Å². The number of aliphatic hydroxyl groups excluding tert-OH is 1. The number of hydrogen-bond acceptors (Lipinski definition) is 2. The standard InChI is InChI=1S/C13H17ClO2/c1-13(2)11(15)7-12(13)16-8-9-4-3-5-10(14)6-9/h3-6,11-12,15H,7-8H2,1-2H3. The molecule has 0 radical (unpaired) electrons. The Morgan fingerprint density at radius 1 is 1.50 bits per heavy atom. The second-order valence-corrected chi connectivity index (χ2v) is 5.44. The van der Waals surface area contributed by atoms with E-state index in [1.54, 1.807) is 0 Å². The fraction of sp³-hybridized carbons (Fsp3) is 0.538. The third kappa shape index (κ3) is 2.24. The lowest BCUT2D eigenvalue weighted by molar-refractivity contribution is -0.179. The van der Waals surface area contributed by atoms with E-state index in [1.807, 2.05) is 38.1 Å². The number of aliphatic hydroxyl groups is 1. The number of ether oxygens (including phenoxy) is 1. The molecule has 3 heteroatoms. The highest BCUT2D eigenvalue weighted by atomic mass is 35.5. The van der Waals surface area contributed by atoms with Gasteiger partial charge < -0.3 is 9.84 Å². The van der Waals surface area contributed by atoms with E-state index < -0.39 is 0 Å². The van der Waals surface area contributed by atoms with Gasteiger partial charge in [0.2, 0.25) is 0 Å². The van der Waals surface area contributed by atoms with Gasteiger partial charge in [-0.2, -0.15) is 0 Å². The van der Waals surface area contributed by atoms with Crippen molar-refractivity contribution in [1.82, 2.24) is 0 Å². The second-order valence-electron chi connectivity index (χ2n) is 5.00.